The fraction of sp³-hybridized carbons (Fsp3) is 0.421. The van der Waals surface area contributed by atoms with E-state index in [0.29, 0.717) is 17.9 Å². The lowest BCUT2D eigenvalue weighted by atomic mass is 10.0. The van der Waals surface area contributed by atoms with E-state index >= 15 is 0 Å². The summed E-state index contributed by atoms with van der Waals surface area (Å²) >= 11 is 7.06. The van der Waals surface area contributed by atoms with Gasteiger partial charge in [0.05, 0.1) is 11.1 Å². The number of aryl methyl sites for hydroxylation is 1. The molecule has 2 aromatic rings. The zero-order valence-corrected chi connectivity index (χ0v) is 18.9. The molecular weight excluding hydrogens is 432 g/mol. The number of hydrogen-bond acceptors (Lipinski definition) is 6. The molecule has 0 radical (unpaired) electrons. The minimum absolute atomic E-state index is 0.0902. The van der Waals surface area contributed by atoms with Gasteiger partial charge in [-0.1, -0.05) is 31.5 Å². The SMILES string of the molecule is CN[C@@H](CC(C)C)C(=O)N=S(=O)(NC(=O)CCc1cccnc1)c1cc(Cl)cs1. The lowest BCUT2D eigenvalue weighted by molar-refractivity contribution is -0.120. The van der Waals surface area contributed by atoms with Crippen molar-refractivity contribution < 1.29 is 13.8 Å². The number of nitrogens with one attached hydrogen (secondary N) is 2. The number of amides is 2. The Kier molecular flexibility index (Phi) is 8.76. The first-order valence-corrected chi connectivity index (χ1v) is 11.9. The molecule has 0 saturated heterocycles. The van der Waals surface area contributed by atoms with Gasteiger partial charge in [-0.15, -0.1) is 15.7 Å². The Morgan fingerprint density at radius 3 is 2.69 bits per heavy atom. The van der Waals surface area contributed by atoms with Crippen LogP contribution in [0, 0.1) is 5.92 Å². The molecule has 2 atom stereocenters. The number of halogens is 1. The van der Waals surface area contributed by atoms with Crippen LogP contribution in [0.5, 0.6) is 0 Å². The van der Waals surface area contributed by atoms with Gasteiger partial charge in [0.25, 0.3) is 5.91 Å². The molecule has 2 heterocycles. The van der Waals surface area contributed by atoms with Gasteiger partial charge in [-0.25, -0.2) is 4.21 Å². The fourth-order valence-electron chi connectivity index (χ4n) is 2.57. The topological polar surface area (TPSA) is 101 Å². The van der Waals surface area contributed by atoms with Crippen LogP contribution in [0.3, 0.4) is 0 Å². The predicted octanol–water partition coefficient (Wildman–Crippen LogP) is 3.45. The molecule has 0 aliphatic heterocycles. The van der Waals surface area contributed by atoms with E-state index in [1.54, 1.807) is 30.9 Å². The lowest BCUT2D eigenvalue weighted by Gasteiger charge is -2.16. The molecule has 0 aliphatic rings. The first kappa shape index (κ1) is 23.5. The average Bonchev–Trinajstić information content (AvgIpc) is 3.12. The van der Waals surface area contributed by atoms with Gasteiger partial charge in [0.15, 0.2) is 9.92 Å². The maximum Gasteiger partial charge on any atom is 0.272 e. The smallest absolute Gasteiger partial charge is 0.272 e. The molecule has 2 N–H and O–H groups in total. The van der Waals surface area contributed by atoms with Crippen LogP contribution in [0.4, 0.5) is 0 Å². The molecule has 2 rings (SSSR count). The second kappa shape index (κ2) is 10.8. The van der Waals surface area contributed by atoms with Crippen LogP contribution < -0.4 is 10.0 Å². The minimum atomic E-state index is -3.49. The number of carbonyl (C=O) groups excluding carboxylic acids is 2. The molecule has 1 unspecified atom stereocenters. The fourth-order valence-corrected chi connectivity index (χ4v) is 5.65. The highest BCUT2D eigenvalue weighted by Gasteiger charge is 2.24. The van der Waals surface area contributed by atoms with Gasteiger partial charge >= 0.3 is 0 Å². The van der Waals surface area contributed by atoms with Gasteiger partial charge in [0.1, 0.15) is 4.21 Å². The zero-order valence-electron chi connectivity index (χ0n) is 16.6. The van der Waals surface area contributed by atoms with E-state index in [0.717, 1.165) is 16.9 Å². The third-order valence-electron chi connectivity index (χ3n) is 4.00. The molecule has 2 amide bonds. The van der Waals surface area contributed by atoms with Crippen molar-refractivity contribution in [3.05, 3.63) is 46.6 Å². The van der Waals surface area contributed by atoms with Gasteiger partial charge in [-0.05, 0) is 43.5 Å². The van der Waals surface area contributed by atoms with Gasteiger partial charge in [-0.2, -0.15) is 0 Å². The molecule has 0 saturated carbocycles. The highest BCUT2D eigenvalue weighted by atomic mass is 35.5. The summed E-state index contributed by atoms with van der Waals surface area (Å²) in [5, 5.41) is 4.86. The monoisotopic (exact) mass is 456 g/mol. The van der Waals surface area contributed by atoms with Gasteiger partial charge in [0, 0.05) is 24.2 Å². The standard InChI is InChI=1S/C19H25ClN4O3S2/c1-13(2)9-16(21-3)19(26)24-29(27,18-10-15(20)12-28-18)23-17(25)7-6-14-5-4-8-22-11-14/h4-5,8,10-13,16,21H,6-7,9H2,1-3H3,(H,23,24,25,26,27)/t16-,29?/m0/s1. The Balaban J connectivity index is 2.25. The van der Waals surface area contributed by atoms with Crippen LogP contribution >= 0.6 is 22.9 Å². The first-order valence-electron chi connectivity index (χ1n) is 9.15. The quantitative estimate of drug-likeness (QED) is 0.601. The van der Waals surface area contributed by atoms with Crippen molar-refractivity contribution in [2.45, 2.75) is 43.4 Å². The summed E-state index contributed by atoms with van der Waals surface area (Å²) in [6.07, 6.45) is 4.37. The third-order valence-corrected chi connectivity index (χ3v) is 7.64. The average molecular weight is 457 g/mol. The number of thiophene rings is 1. The van der Waals surface area contributed by atoms with E-state index in [9.17, 15) is 13.8 Å². The summed E-state index contributed by atoms with van der Waals surface area (Å²) in [6.45, 7) is 3.96. The number of aromatic nitrogens is 1. The number of pyridine rings is 1. The number of likely N-dealkylation sites (N-methyl/N-ethyl adjacent to an activating group) is 1. The Labute approximate surface area is 180 Å². The molecule has 29 heavy (non-hydrogen) atoms. The second-order valence-corrected chi connectivity index (χ2v) is 10.4. The maximum atomic E-state index is 13.5. The van der Waals surface area contributed by atoms with E-state index in [-0.39, 0.29) is 16.5 Å². The zero-order chi connectivity index (χ0) is 21.4. The van der Waals surface area contributed by atoms with Crippen molar-refractivity contribution in [2.24, 2.45) is 10.3 Å². The van der Waals surface area contributed by atoms with E-state index in [1.165, 1.54) is 6.07 Å². The summed E-state index contributed by atoms with van der Waals surface area (Å²) < 4.78 is 20.2. The number of nitrogens with zero attached hydrogens (tertiary/aromatic N) is 2. The summed E-state index contributed by atoms with van der Waals surface area (Å²) in [5.74, 6) is -0.791. The Morgan fingerprint density at radius 2 is 2.14 bits per heavy atom. The molecule has 158 valence electrons. The molecule has 0 aliphatic carbocycles. The minimum Gasteiger partial charge on any atom is -0.309 e. The predicted molar refractivity (Wildman–Crippen MR) is 116 cm³/mol. The van der Waals surface area contributed by atoms with Crippen LogP contribution in [0.15, 0.2) is 44.5 Å². The molecular formula is C19H25ClN4O3S2. The van der Waals surface area contributed by atoms with E-state index < -0.39 is 27.8 Å². The van der Waals surface area contributed by atoms with Crippen LogP contribution in [-0.2, 0) is 25.9 Å². The highest BCUT2D eigenvalue weighted by Crippen LogP contribution is 2.25. The molecule has 0 spiro atoms. The van der Waals surface area contributed by atoms with Gasteiger partial charge < -0.3 is 5.32 Å². The first-order chi connectivity index (χ1) is 13.7. The van der Waals surface area contributed by atoms with Crippen molar-refractivity contribution in [1.29, 1.82) is 0 Å². The van der Waals surface area contributed by atoms with Crippen molar-refractivity contribution in [2.75, 3.05) is 7.05 Å². The molecule has 10 heteroatoms. The lowest BCUT2D eigenvalue weighted by Crippen LogP contribution is -2.37. The highest BCUT2D eigenvalue weighted by molar-refractivity contribution is 7.94. The van der Waals surface area contributed by atoms with Gasteiger partial charge in [0.2, 0.25) is 5.91 Å². The Bertz CT molecular complexity index is 953. The van der Waals surface area contributed by atoms with Crippen molar-refractivity contribution >= 4 is 44.7 Å². The Hall–Kier alpha value is -1.81. The summed E-state index contributed by atoms with van der Waals surface area (Å²) in [7, 11) is -1.84. The molecule has 7 nitrogen and oxygen atoms in total. The molecule has 0 bridgehead atoms. The Morgan fingerprint density at radius 1 is 1.38 bits per heavy atom. The molecule has 0 fully saturated rings. The van der Waals surface area contributed by atoms with Crippen LogP contribution in [0.1, 0.15) is 32.3 Å². The van der Waals surface area contributed by atoms with E-state index in [1.807, 2.05) is 19.9 Å². The third kappa shape index (κ3) is 7.18. The van der Waals surface area contributed by atoms with E-state index in [4.69, 9.17) is 11.6 Å². The number of hydrogen-bond donors (Lipinski definition) is 2. The van der Waals surface area contributed by atoms with Gasteiger partial charge in [-0.3, -0.25) is 19.3 Å². The van der Waals surface area contributed by atoms with Crippen LogP contribution in [-0.4, -0.2) is 34.1 Å². The van der Waals surface area contributed by atoms with Crippen molar-refractivity contribution in [3.63, 3.8) is 0 Å². The van der Waals surface area contributed by atoms with Crippen molar-refractivity contribution in [1.82, 2.24) is 15.0 Å². The van der Waals surface area contributed by atoms with Crippen LogP contribution in [0.25, 0.3) is 0 Å². The molecule has 0 aromatic carbocycles. The number of carbonyl (C=O) groups is 2. The normalized spacial score (nSPS) is 14.2. The maximum absolute atomic E-state index is 13.5. The number of rotatable bonds is 9. The summed E-state index contributed by atoms with van der Waals surface area (Å²) in [5.41, 5.74) is 0.883. The largest absolute Gasteiger partial charge is 0.309 e. The van der Waals surface area contributed by atoms with Crippen molar-refractivity contribution in [3.8, 4) is 0 Å². The van der Waals surface area contributed by atoms with Crippen LogP contribution in [0.2, 0.25) is 5.02 Å². The molecule has 2 aromatic heterocycles. The second-order valence-electron chi connectivity index (χ2n) is 6.90. The summed E-state index contributed by atoms with van der Waals surface area (Å²) in [4.78, 5) is 29.2. The van der Waals surface area contributed by atoms with E-state index in [2.05, 4.69) is 19.4 Å². The summed E-state index contributed by atoms with van der Waals surface area (Å²) in [6, 6.07) is 4.51.